The number of benzene rings is 1. The molecule has 1 saturated heterocycles. The molecule has 1 amide bonds. The highest BCUT2D eigenvalue weighted by Gasteiger charge is 2.46. The molecular formula is C18H21F3N2O. The van der Waals surface area contributed by atoms with Gasteiger partial charge in [0.1, 0.15) is 0 Å². The van der Waals surface area contributed by atoms with E-state index in [9.17, 15) is 18.0 Å². The van der Waals surface area contributed by atoms with Crippen molar-refractivity contribution in [2.75, 3.05) is 26.7 Å². The predicted molar refractivity (Wildman–Crippen MR) is 86.3 cm³/mol. The van der Waals surface area contributed by atoms with Crippen LogP contribution < -0.4 is 0 Å². The van der Waals surface area contributed by atoms with Gasteiger partial charge in [-0.25, -0.2) is 0 Å². The van der Waals surface area contributed by atoms with E-state index in [2.05, 4.69) is 11.0 Å². The summed E-state index contributed by atoms with van der Waals surface area (Å²) in [6.07, 6.45) is -0.639. The highest BCUT2D eigenvalue weighted by Crippen LogP contribution is 2.39. The number of likely N-dealkylation sites (N-methyl/N-ethyl adjacent to an activating group) is 1. The lowest BCUT2D eigenvalue weighted by Crippen LogP contribution is -2.40. The number of carbonyl (C=O) groups is 1. The molecule has 0 N–H and O–H groups in total. The molecule has 0 aliphatic carbocycles. The number of nitrogens with zero attached hydrogens (tertiary/aromatic N) is 2. The number of hydrogen-bond acceptors (Lipinski definition) is 2. The molecular weight excluding hydrogens is 317 g/mol. The van der Waals surface area contributed by atoms with Crippen molar-refractivity contribution in [2.24, 2.45) is 0 Å². The van der Waals surface area contributed by atoms with E-state index in [-0.39, 0.29) is 6.54 Å². The normalized spacial score (nSPS) is 22.6. The lowest BCUT2D eigenvalue weighted by molar-refractivity contribution is -0.186. The van der Waals surface area contributed by atoms with E-state index in [1.807, 2.05) is 31.3 Å². The first-order chi connectivity index (χ1) is 11.4. The zero-order chi connectivity index (χ0) is 17.3. The van der Waals surface area contributed by atoms with Gasteiger partial charge in [0.05, 0.1) is 6.04 Å². The van der Waals surface area contributed by atoms with Crippen LogP contribution in [0.3, 0.4) is 0 Å². The van der Waals surface area contributed by atoms with Gasteiger partial charge in [0, 0.05) is 19.6 Å². The van der Waals surface area contributed by atoms with E-state index in [0.717, 1.165) is 41.1 Å². The summed E-state index contributed by atoms with van der Waals surface area (Å²) in [7, 11) is 2.04. The number of carbonyl (C=O) groups excluding carboxylic acids is 1. The Morgan fingerprint density at radius 3 is 2.62 bits per heavy atom. The van der Waals surface area contributed by atoms with Crippen molar-refractivity contribution < 1.29 is 18.0 Å². The van der Waals surface area contributed by atoms with Crippen LogP contribution in [-0.2, 0) is 4.79 Å². The number of alkyl halides is 3. The molecule has 1 aromatic carbocycles. The van der Waals surface area contributed by atoms with E-state index in [4.69, 9.17) is 0 Å². The van der Waals surface area contributed by atoms with Gasteiger partial charge in [-0.15, -0.1) is 0 Å². The Bertz CT molecular complexity index is 654. The lowest BCUT2D eigenvalue weighted by Gasteiger charge is -2.29. The Morgan fingerprint density at radius 2 is 1.96 bits per heavy atom. The smallest absolute Gasteiger partial charge is 0.328 e. The van der Waals surface area contributed by atoms with Crippen LogP contribution in [0.4, 0.5) is 13.2 Å². The molecule has 130 valence electrons. The molecule has 2 aliphatic rings. The summed E-state index contributed by atoms with van der Waals surface area (Å²) < 4.78 is 38.6. The SMILES string of the molecule is CN1CC=C(c2ccccc2C2CCCN2C(=O)C(F)(F)F)CC1. The molecule has 0 aromatic heterocycles. The standard InChI is InChI=1S/C18H21F3N2O/c1-22-11-8-13(9-12-22)14-5-2-3-6-15(14)16-7-4-10-23(16)17(24)18(19,20)21/h2-3,5-6,8,16H,4,7,9-12H2,1H3. The van der Waals surface area contributed by atoms with Gasteiger partial charge in [-0.05, 0) is 43.0 Å². The summed E-state index contributed by atoms with van der Waals surface area (Å²) >= 11 is 0. The average Bonchev–Trinajstić information content (AvgIpc) is 3.03. The second-order valence-electron chi connectivity index (χ2n) is 6.48. The molecule has 6 heteroatoms. The zero-order valence-electron chi connectivity index (χ0n) is 13.6. The van der Waals surface area contributed by atoms with E-state index in [1.54, 1.807) is 0 Å². The minimum atomic E-state index is -4.82. The third kappa shape index (κ3) is 3.34. The molecule has 0 radical (unpaired) electrons. The van der Waals surface area contributed by atoms with Crippen LogP contribution >= 0.6 is 0 Å². The Balaban J connectivity index is 1.93. The third-order valence-corrected chi connectivity index (χ3v) is 4.83. The quantitative estimate of drug-likeness (QED) is 0.822. The predicted octanol–water partition coefficient (Wildman–Crippen LogP) is 3.63. The fourth-order valence-electron chi connectivity index (χ4n) is 3.59. The summed E-state index contributed by atoms with van der Waals surface area (Å²) in [5, 5.41) is 0. The number of halogens is 3. The van der Waals surface area contributed by atoms with Crippen LogP contribution in [0.2, 0.25) is 0 Å². The second-order valence-corrected chi connectivity index (χ2v) is 6.48. The molecule has 0 bridgehead atoms. The van der Waals surface area contributed by atoms with Crippen LogP contribution in [0, 0.1) is 0 Å². The summed E-state index contributed by atoms with van der Waals surface area (Å²) in [4.78, 5) is 15.0. The fraction of sp³-hybridized carbons (Fsp3) is 0.500. The highest BCUT2D eigenvalue weighted by molar-refractivity contribution is 5.83. The molecule has 3 nitrogen and oxygen atoms in total. The van der Waals surface area contributed by atoms with Gasteiger partial charge in [-0.2, -0.15) is 13.2 Å². The summed E-state index contributed by atoms with van der Waals surface area (Å²) in [6.45, 7) is 1.93. The average molecular weight is 338 g/mol. The first-order valence-electron chi connectivity index (χ1n) is 8.22. The van der Waals surface area contributed by atoms with Crippen LogP contribution in [0.15, 0.2) is 30.3 Å². The first-order valence-corrected chi connectivity index (χ1v) is 8.22. The molecule has 2 heterocycles. The molecule has 1 unspecified atom stereocenters. The van der Waals surface area contributed by atoms with Crippen molar-refractivity contribution >= 4 is 11.5 Å². The Labute approximate surface area is 139 Å². The largest absolute Gasteiger partial charge is 0.471 e. The number of rotatable bonds is 2. The third-order valence-electron chi connectivity index (χ3n) is 4.83. The molecule has 2 aliphatic heterocycles. The summed E-state index contributed by atoms with van der Waals surface area (Å²) in [5.74, 6) is -1.72. The topological polar surface area (TPSA) is 23.6 Å². The Hall–Kier alpha value is -1.82. The second kappa shape index (κ2) is 6.59. The molecule has 0 spiro atoms. The van der Waals surface area contributed by atoms with Crippen LogP contribution in [-0.4, -0.2) is 48.6 Å². The van der Waals surface area contributed by atoms with Crippen molar-refractivity contribution in [1.29, 1.82) is 0 Å². The number of hydrogen-bond donors (Lipinski definition) is 0. The minimum Gasteiger partial charge on any atom is -0.328 e. The maximum absolute atomic E-state index is 12.9. The van der Waals surface area contributed by atoms with Crippen LogP contribution in [0.25, 0.3) is 5.57 Å². The van der Waals surface area contributed by atoms with E-state index >= 15 is 0 Å². The van der Waals surface area contributed by atoms with Crippen LogP contribution in [0.5, 0.6) is 0 Å². The Kier molecular flexibility index (Phi) is 4.67. The van der Waals surface area contributed by atoms with Crippen molar-refractivity contribution in [3.05, 3.63) is 41.5 Å². The van der Waals surface area contributed by atoms with Gasteiger partial charge in [0.2, 0.25) is 0 Å². The van der Waals surface area contributed by atoms with Gasteiger partial charge in [-0.3, -0.25) is 4.79 Å². The van der Waals surface area contributed by atoms with Gasteiger partial charge in [-0.1, -0.05) is 30.3 Å². The first kappa shape index (κ1) is 17.0. The van der Waals surface area contributed by atoms with Crippen LogP contribution in [0.1, 0.15) is 36.4 Å². The fourth-order valence-corrected chi connectivity index (χ4v) is 3.59. The van der Waals surface area contributed by atoms with Crippen molar-refractivity contribution in [3.8, 4) is 0 Å². The molecule has 0 saturated carbocycles. The Morgan fingerprint density at radius 1 is 1.21 bits per heavy atom. The van der Waals surface area contributed by atoms with E-state index in [0.29, 0.717) is 12.8 Å². The summed E-state index contributed by atoms with van der Waals surface area (Å²) in [5.41, 5.74) is 2.98. The monoisotopic (exact) mass is 338 g/mol. The van der Waals surface area contributed by atoms with Crippen molar-refractivity contribution in [3.63, 3.8) is 0 Å². The number of likely N-dealkylation sites (tertiary alicyclic amines) is 1. The van der Waals surface area contributed by atoms with Crippen molar-refractivity contribution in [1.82, 2.24) is 9.80 Å². The molecule has 3 rings (SSSR count). The molecule has 1 atom stereocenters. The van der Waals surface area contributed by atoms with Gasteiger partial charge in [0.15, 0.2) is 0 Å². The molecule has 24 heavy (non-hydrogen) atoms. The van der Waals surface area contributed by atoms with E-state index < -0.39 is 18.1 Å². The van der Waals surface area contributed by atoms with Gasteiger partial charge in [0.25, 0.3) is 0 Å². The number of amides is 1. The summed E-state index contributed by atoms with van der Waals surface area (Å²) in [6, 6.07) is 7.07. The maximum atomic E-state index is 12.9. The lowest BCUT2D eigenvalue weighted by atomic mass is 9.90. The highest BCUT2D eigenvalue weighted by atomic mass is 19.4. The molecule has 1 aromatic rings. The van der Waals surface area contributed by atoms with E-state index in [1.165, 1.54) is 0 Å². The zero-order valence-corrected chi connectivity index (χ0v) is 13.6. The van der Waals surface area contributed by atoms with Gasteiger partial charge < -0.3 is 9.80 Å². The molecule has 1 fully saturated rings. The minimum absolute atomic E-state index is 0.166. The van der Waals surface area contributed by atoms with Gasteiger partial charge >= 0.3 is 12.1 Å². The van der Waals surface area contributed by atoms with Crippen molar-refractivity contribution in [2.45, 2.75) is 31.5 Å². The maximum Gasteiger partial charge on any atom is 0.471 e.